The third-order valence-electron chi connectivity index (χ3n) is 7.65. The summed E-state index contributed by atoms with van der Waals surface area (Å²) in [6, 6.07) is 0. The molecule has 0 aromatic rings. The summed E-state index contributed by atoms with van der Waals surface area (Å²) in [5.41, 5.74) is 6.19. The maximum absolute atomic E-state index is 11.9. The molecule has 34 heavy (non-hydrogen) atoms. The summed E-state index contributed by atoms with van der Waals surface area (Å²) in [4.78, 5) is 23.5. The maximum Gasteiger partial charge on any atom is 0.302 e. The molecule has 2 rings (SSSR count). The molecule has 0 spiro atoms. The lowest BCUT2D eigenvalue weighted by Crippen LogP contribution is -2.49. The molecule has 1 saturated heterocycles. The first-order chi connectivity index (χ1) is 16.2. The number of piperidine rings is 1. The molecule has 0 amide bonds. The Kier molecular flexibility index (Phi) is 12.8. The van der Waals surface area contributed by atoms with E-state index in [1.807, 2.05) is 0 Å². The Balaban J connectivity index is 2.07. The maximum atomic E-state index is 11.9. The number of hydrogen-bond donors (Lipinski definition) is 3. The third-order valence-corrected chi connectivity index (χ3v) is 7.65. The second-order valence-corrected chi connectivity index (χ2v) is 10.4. The van der Waals surface area contributed by atoms with Crippen LogP contribution in [0.25, 0.3) is 0 Å². The van der Waals surface area contributed by atoms with E-state index in [4.69, 9.17) is 19.9 Å². The van der Waals surface area contributed by atoms with Gasteiger partial charge in [-0.3, -0.25) is 9.59 Å². The zero-order valence-corrected chi connectivity index (χ0v) is 21.7. The fourth-order valence-electron chi connectivity index (χ4n) is 6.02. The number of aliphatic hydroxyl groups is 1. The zero-order valence-electron chi connectivity index (χ0n) is 21.7. The summed E-state index contributed by atoms with van der Waals surface area (Å²) in [6.45, 7) is 5.90. The average molecular weight is 485 g/mol. The first-order valence-corrected chi connectivity index (χ1v) is 13.3. The minimum atomic E-state index is -0.464. The van der Waals surface area contributed by atoms with E-state index in [0.717, 1.165) is 57.9 Å². The van der Waals surface area contributed by atoms with Crippen molar-refractivity contribution in [2.24, 2.45) is 23.5 Å². The van der Waals surface area contributed by atoms with Crippen molar-refractivity contribution in [3.8, 4) is 0 Å². The smallest absolute Gasteiger partial charge is 0.302 e. The Hall–Kier alpha value is -1.22. The number of carbonyl (C=O) groups excluding carboxylic acids is 2. The molecule has 1 aliphatic carbocycles. The van der Waals surface area contributed by atoms with Crippen LogP contribution >= 0.6 is 0 Å². The number of hydrogen-bond acceptors (Lipinski definition) is 8. The highest BCUT2D eigenvalue weighted by Gasteiger charge is 2.41. The van der Waals surface area contributed by atoms with E-state index in [0.29, 0.717) is 37.0 Å². The normalized spacial score (nSPS) is 31.5. The largest absolute Gasteiger partial charge is 0.462 e. The minimum Gasteiger partial charge on any atom is -0.462 e. The molecule has 0 bridgehead atoms. The minimum absolute atomic E-state index is 0.00176. The van der Waals surface area contributed by atoms with Crippen molar-refractivity contribution in [3.63, 3.8) is 0 Å². The molecule has 0 aromatic carbocycles. The van der Waals surface area contributed by atoms with Gasteiger partial charge in [0, 0.05) is 27.4 Å². The molecule has 2 aliphatic rings. The van der Waals surface area contributed by atoms with Crippen LogP contribution < -0.4 is 11.1 Å². The van der Waals surface area contributed by atoms with Gasteiger partial charge in [-0.15, -0.1) is 0 Å². The van der Waals surface area contributed by atoms with Crippen molar-refractivity contribution in [2.45, 2.75) is 122 Å². The Morgan fingerprint density at radius 1 is 1.06 bits per heavy atom. The second-order valence-electron chi connectivity index (χ2n) is 10.4. The molecular formula is C26H48N2O6. The van der Waals surface area contributed by atoms with Crippen molar-refractivity contribution >= 4 is 11.9 Å². The van der Waals surface area contributed by atoms with Gasteiger partial charge in [0.25, 0.3) is 0 Å². The quantitative estimate of drug-likeness (QED) is 0.269. The highest BCUT2D eigenvalue weighted by atomic mass is 16.6. The molecule has 198 valence electrons. The van der Waals surface area contributed by atoms with E-state index in [2.05, 4.69) is 12.2 Å². The van der Waals surface area contributed by atoms with Crippen LogP contribution in [0.4, 0.5) is 0 Å². The molecule has 1 aliphatic heterocycles. The highest BCUT2D eigenvalue weighted by Crippen LogP contribution is 2.42. The molecule has 0 aromatic heterocycles. The summed E-state index contributed by atoms with van der Waals surface area (Å²) in [5.74, 6) is 0.573. The Bertz CT molecular complexity index is 618. The van der Waals surface area contributed by atoms with Crippen LogP contribution in [0.5, 0.6) is 0 Å². The lowest BCUT2D eigenvalue weighted by Gasteiger charge is -2.45. The van der Waals surface area contributed by atoms with Crippen LogP contribution in [-0.2, 0) is 23.8 Å². The van der Waals surface area contributed by atoms with Gasteiger partial charge in [0.1, 0.15) is 12.2 Å². The molecule has 0 radical (unpaired) electrons. The van der Waals surface area contributed by atoms with Crippen LogP contribution in [0, 0.1) is 17.8 Å². The zero-order chi connectivity index (χ0) is 25.1. The van der Waals surface area contributed by atoms with Crippen LogP contribution in [0.2, 0.25) is 0 Å². The Morgan fingerprint density at radius 3 is 2.32 bits per heavy atom. The monoisotopic (exact) mass is 484 g/mol. The first kappa shape index (κ1) is 29.0. The van der Waals surface area contributed by atoms with Crippen LogP contribution in [0.1, 0.15) is 91.4 Å². The fourth-order valence-corrected chi connectivity index (χ4v) is 6.02. The molecule has 1 heterocycles. The predicted octanol–water partition coefficient (Wildman–Crippen LogP) is 3.29. The van der Waals surface area contributed by atoms with Gasteiger partial charge in [0.2, 0.25) is 0 Å². The SMILES string of the molecule is CCCCC[C@@H](C[C@@H](CCC1CC(OC)C(O)CC1C1CCNC(N)C1)OC(C)=O)OC(C)=O. The molecule has 6 unspecified atom stereocenters. The molecule has 2 fully saturated rings. The van der Waals surface area contributed by atoms with E-state index in [9.17, 15) is 14.7 Å². The van der Waals surface area contributed by atoms with Crippen LogP contribution in [-0.4, -0.2) is 61.3 Å². The van der Waals surface area contributed by atoms with Crippen molar-refractivity contribution in [3.05, 3.63) is 0 Å². The standard InChI is InChI=1S/C26H48N2O6/c1-5-6-7-8-21(33-17(2)29)15-22(34-18(3)30)10-9-19-13-25(32-4)24(31)16-23(19)20-11-12-28-26(27)14-20/h19-26,28,31H,5-16,27H2,1-4H3/t19?,20?,21-,22+,23?,24?,25?,26?/m0/s1. The van der Waals surface area contributed by atoms with Gasteiger partial charge in [-0.25, -0.2) is 0 Å². The number of aliphatic hydroxyl groups excluding tert-OH is 1. The van der Waals surface area contributed by atoms with Crippen molar-refractivity contribution < 1.29 is 28.9 Å². The van der Waals surface area contributed by atoms with E-state index < -0.39 is 6.10 Å². The van der Waals surface area contributed by atoms with Gasteiger partial charge in [-0.05, 0) is 75.7 Å². The second kappa shape index (κ2) is 15.0. The molecule has 8 atom stereocenters. The number of nitrogens with two attached hydrogens (primary N) is 1. The lowest BCUT2D eigenvalue weighted by atomic mass is 9.66. The number of esters is 2. The summed E-state index contributed by atoms with van der Waals surface area (Å²) in [6.07, 6.45) is 8.32. The molecule has 4 N–H and O–H groups in total. The third kappa shape index (κ3) is 9.80. The number of rotatable bonds is 13. The van der Waals surface area contributed by atoms with E-state index >= 15 is 0 Å². The summed E-state index contributed by atoms with van der Waals surface area (Å²) in [7, 11) is 1.66. The van der Waals surface area contributed by atoms with Crippen molar-refractivity contribution in [1.29, 1.82) is 0 Å². The molecule has 8 heteroatoms. The topological polar surface area (TPSA) is 120 Å². The Labute approximate surface area is 205 Å². The summed E-state index contributed by atoms with van der Waals surface area (Å²) < 4.78 is 16.9. The van der Waals surface area contributed by atoms with Gasteiger partial charge >= 0.3 is 11.9 Å². The first-order valence-electron chi connectivity index (χ1n) is 13.3. The van der Waals surface area contributed by atoms with E-state index in [-0.39, 0.29) is 36.4 Å². The average Bonchev–Trinajstić information content (AvgIpc) is 2.77. The highest BCUT2D eigenvalue weighted by molar-refractivity contribution is 5.66. The van der Waals surface area contributed by atoms with Gasteiger partial charge in [-0.2, -0.15) is 0 Å². The molecule has 1 saturated carbocycles. The van der Waals surface area contributed by atoms with Gasteiger partial charge < -0.3 is 30.4 Å². The molecule has 8 nitrogen and oxygen atoms in total. The van der Waals surface area contributed by atoms with Crippen molar-refractivity contribution in [1.82, 2.24) is 5.32 Å². The molecular weight excluding hydrogens is 436 g/mol. The lowest BCUT2D eigenvalue weighted by molar-refractivity contribution is -0.153. The fraction of sp³-hybridized carbons (Fsp3) is 0.923. The number of carbonyl (C=O) groups is 2. The summed E-state index contributed by atoms with van der Waals surface area (Å²) in [5, 5.41) is 14.0. The van der Waals surface area contributed by atoms with Crippen LogP contribution in [0.3, 0.4) is 0 Å². The van der Waals surface area contributed by atoms with Gasteiger partial charge in [-0.1, -0.05) is 19.8 Å². The van der Waals surface area contributed by atoms with E-state index in [1.165, 1.54) is 13.8 Å². The number of nitrogens with one attached hydrogen (secondary N) is 1. The number of unbranched alkanes of at least 4 members (excludes halogenated alkanes) is 2. The van der Waals surface area contributed by atoms with Gasteiger partial charge in [0.05, 0.1) is 18.4 Å². The Morgan fingerprint density at radius 2 is 1.74 bits per heavy atom. The number of methoxy groups -OCH3 is 1. The van der Waals surface area contributed by atoms with Crippen molar-refractivity contribution in [2.75, 3.05) is 13.7 Å². The van der Waals surface area contributed by atoms with Gasteiger partial charge in [0.15, 0.2) is 0 Å². The van der Waals surface area contributed by atoms with E-state index in [1.54, 1.807) is 7.11 Å². The predicted molar refractivity (Wildman–Crippen MR) is 131 cm³/mol. The van der Waals surface area contributed by atoms with Crippen LogP contribution in [0.15, 0.2) is 0 Å². The number of ether oxygens (including phenoxy) is 3. The summed E-state index contributed by atoms with van der Waals surface area (Å²) >= 11 is 0.